The smallest absolute Gasteiger partial charge is 0.264 e. The third kappa shape index (κ3) is 2.85. The first-order valence-electron chi connectivity index (χ1n) is 5.47. The molecular formula is C13H12FNO3S. The Kier molecular flexibility index (Phi) is 3.44. The van der Waals surface area contributed by atoms with Gasteiger partial charge in [-0.2, -0.15) is 0 Å². The summed E-state index contributed by atoms with van der Waals surface area (Å²) >= 11 is 0. The zero-order valence-corrected chi connectivity index (χ0v) is 10.9. The number of sulfonamides is 1. The van der Waals surface area contributed by atoms with Gasteiger partial charge in [-0.25, -0.2) is 12.8 Å². The highest BCUT2D eigenvalue weighted by atomic mass is 32.2. The largest absolute Gasteiger partial charge is 0.505 e. The predicted octanol–water partition coefficient (Wildman–Crippen LogP) is 2.64. The first-order chi connectivity index (χ1) is 8.90. The molecule has 0 saturated carbocycles. The van der Waals surface area contributed by atoms with E-state index in [0.717, 1.165) is 17.7 Å². The number of hydrogen-bond donors (Lipinski definition) is 2. The summed E-state index contributed by atoms with van der Waals surface area (Å²) in [6.07, 6.45) is 0. The van der Waals surface area contributed by atoms with Gasteiger partial charge in [0.25, 0.3) is 10.0 Å². The van der Waals surface area contributed by atoms with E-state index in [9.17, 15) is 17.9 Å². The number of rotatable bonds is 3. The molecule has 19 heavy (non-hydrogen) atoms. The van der Waals surface area contributed by atoms with Crippen LogP contribution in [0.3, 0.4) is 0 Å². The van der Waals surface area contributed by atoms with E-state index >= 15 is 0 Å². The molecule has 100 valence electrons. The van der Waals surface area contributed by atoms with E-state index in [1.165, 1.54) is 6.07 Å². The van der Waals surface area contributed by atoms with Crippen LogP contribution in [-0.2, 0) is 10.0 Å². The summed E-state index contributed by atoms with van der Waals surface area (Å²) in [5, 5.41) is 9.21. The van der Waals surface area contributed by atoms with Crippen molar-refractivity contribution >= 4 is 15.7 Å². The Morgan fingerprint density at radius 3 is 2.53 bits per heavy atom. The second kappa shape index (κ2) is 4.89. The van der Waals surface area contributed by atoms with Gasteiger partial charge < -0.3 is 5.11 Å². The first-order valence-corrected chi connectivity index (χ1v) is 6.95. The molecule has 0 spiro atoms. The molecule has 0 fully saturated rings. The van der Waals surface area contributed by atoms with Crippen LogP contribution in [0.25, 0.3) is 0 Å². The van der Waals surface area contributed by atoms with Crippen LogP contribution >= 0.6 is 0 Å². The first kappa shape index (κ1) is 13.4. The molecule has 0 aliphatic heterocycles. The SMILES string of the molecule is Cc1cccc(NS(=O)(=O)c2cccc(O)c2F)c1. The highest BCUT2D eigenvalue weighted by molar-refractivity contribution is 7.92. The molecule has 2 aromatic carbocycles. The van der Waals surface area contributed by atoms with Gasteiger partial charge >= 0.3 is 0 Å². The fraction of sp³-hybridized carbons (Fsp3) is 0.0769. The van der Waals surface area contributed by atoms with Gasteiger partial charge in [0.15, 0.2) is 11.6 Å². The van der Waals surface area contributed by atoms with Gasteiger partial charge in [0, 0.05) is 5.69 Å². The van der Waals surface area contributed by atoms with Gasteiger partial charge in [-0.3, -0.25) is 4.72 Å². The second-order valence-electron chi connectivity index (χ2n) is 4.06. The van der Waals surface area contributed by atoms with Gasteiger partial charge in [-0.1, -0.05) is 18.2 Å². The summed E-state index contributed by atoms with van der Waals surface area (Å²) in [7, 11) is -4.07. The zero-order valence-electron chi connectivity index (χ0n) is 10.1. The molecule has 0 heterocycles. The maximum Gasteiger partial charge on any atom is 0.264 e. The number of benzene rings is 2. The Morgan fingerprint density at radius 2 is 1.84 bits per heavy atom. The summed E-state index contributed by atoms with van der Waals surface area (Å²) in [4.78, 5) is -0.589. The second-order valence-corrected chi connectivity index (χ2v) is 5.72. The Balaban J connectivity index is 2.41. The topological polar surface area (TPSA) is 66.4 Å². The Hall–Kier alpha value is -2.08. The molecule has 0 radical (unpaired) electrons. The molecule has 0 aliphatic rings. The molecule has 0 atom stereocenters. The predicted molar refractivity (Wildman–Crippen MR) is 70.1 cm³/mol. The van der Waals surface area contributed by atoms with Crippen LogP contribution in [0.4, 0.5) is 10.1 Å². The molecule has 0 amide bonds. The van der Waals surface area contributed by atoms with Crippen molar-refractivity contribution in [3.05, 3.63) is 53.8 Å². The molecule has 6 heteroatoms. The summed E-state index contributed by atoms with van der Waals surface area (Å²) in [5.74, 6) is -1.87. The number of nitrogens with one attached hydrogen (secondary N) is 1. The van der Waals surface area contributed by atoms with Crippen molar-refractivity contribution in [2.45, 2.75) is 11.8 Å². The lowest BCUT2D eigenvalue weighted by atomic mass is 10.2. The molecule has 0 unspecified atom stereocenters. The van der Waals surface area contributed by atoms with E-state index in [2.05, 4.69) is 4.72 Å². The Labute approximate surface area is 110 Å². The fourth-order valence-electron chi connectivity index (χ4n) is 1.63. The van der Waals surface area contributed by atoms with Gasteiger partial charge in [-0.05, 0) is 36.8 Å². The monoisotopic (exact) mass is 281 g/mol. The number of hydrogen-bond acceptors (Lipinski definition) is 3. The van der Waals surface area contributed by atoms with E-state index in [1.54, 1.807) is 18.2 Å². The maximum absolute atomic E-state index is 13.6. The minimum absolute atomic E-state index is 0.336. The average molecular weight is 281 g/mol. The lowest BCUT2D eigenvalue weighted by Crippen LogP contribution is -2.14. The van der Waals surface area contributed by atoms with E-state index in [1.807, 2.05) is 13.0 Å². The zero-order chi connectivity index (χ0) is 14.0. The van der Waals surface area contributed by atoms with Crippen LogP contribution in [-0.4, -0.2) is 13.5 Å². The van der Waals surface area contributed by atoms with Crippen LogP contribution in [0.1, 0.15) is 5.56 Å². The quantitative estimate of drug-likeness (QED) is 0.909. The molecule has 0 bridgehead atoms. The third-order valence-corrected chi connectivity index (χ3v) is 3.90. The van der Waals surface area contributed by atoms with Gasteiger partial charge in [0.05, 0.1) is 0 Å². The van der Waals surface area contributed by atoms with Crippen LogP contribution in [0.5, 0.6) is 5.75 Å². The van der Waals surface area contributed by atoms with E-state index in [-0.39, 0.29) is 0 Å². The number of aryl methyl sites for hydroxylation is 1. The standard InChI is InChI=1S/C13H12FNO3S/c1-9-4-2-5-10(8-9)15-19(17,18)12-7-3-6-11(16)13(12)14/h2-8,15-16H,1H3. The minimum Gasteiger partial charge on any atom is -0.505 e. The molecule has 0 aliphatic carbocycles. The van der Waals surface area contributed by atoms with Gasteiger partial charge in [-0.15, -0.1) is 0 Å². The third-order valence-electron chi connectivity index (χ3n) is 2.50. The van der Waals surface area contributed by atoms with Gasteiger partial charge in [0.2, 0.25) is 0 Å². The van der Waals surface area contributed by atoms with Crippen molar-refractivity contribution in [3.63, 3.8) is 0 Å². The lowest BCUT2D eigenvalue weighted by Gasteiger charge is -2.09. The number of phenols is 1. The molecular weight excluding hydrogens is 269 g/mol. The number of aromatic hydroxyl groups is 1. The summed E-state index contributed by atoms with van der Waals surface area (Å²) < 4.78 is 39.9. The van der Waals surface area contributed by atoms with Crippen molar-refractivity contribution in [2.75, 3.05) is 4.72 Å². The summed E-state index contributed by atoms with van der Waals surface area (Å²) in [6, 6.07) is 10.1. The van der Waals surface area contributed by atoms with Crippen molar-refractivity contribution in [1.82, 2.24) is 0 Å². The molecule has 2 rings (SSSR count). The fourth-order valence-corrected chi connectivity index (χ4v) is 2.77. The Bertz CT molecular complexity index is 714. The average Bonchev–Trinajstić information content (AvgIpc) is 2.32. The van der Waals surface area contributed by atoms with Crippen LogP contribution in [0, 0.1) is 12.7 Å². The molecule has 2 N–H and O–H groups in total. The molecule has 0 aromatic heterocycles. The summed E-state index contributed by atoms with van der Waals surface area (Å²) in [6.45, 7) is 1.81. The van der Waals surface area contributed by atoms with Crippen LogP contribution in [0.15, 0.2) is 47.4 Å². The van der Waals surface area contributed by atoms with E-state index in [4.69, 9.17) is 0 Å². The number of anilines is 1. The number of phenolic OH excluding ortho intramolecular Hbond substituents is 1. The van der Waals surface area contributed by atoms with Gasteiger partial charge in [0.1, 0.15) is 4.90 Å². The van der Waals surface area contributed by atoms with Crippen LogP contribution in [0.2, 0.25) is 0 Å². The lowest BCUT2D eigenvalue weighted by molar-refractivity contribution is 0.423. The van der Waals surface area contributed by atoms with Crippen molar-refractivity contribution < 1.29 is 17.9 Å². The highest BCUT2D eigenvalue weighted by Gasteiger charge is 2.21. The molecule has 4 nitrogen and oxygen atoms in total. The van der Waals surface area contributed by atoms with Crippen molar-refractivity contribution in [1.29, 1.82) is 0 Å². The Morgan fingerprint density at radius 1 is 1.16 bits per heavy atom. The molecule has 0 saturated heterocycles. The molecule has 2 aromatic rings. The van der Waals surface area contributed by atoms with Crippen LogP contribution < -0.4 is 4.72 Å². The highest BCUT2D eigenvalue weighted by Crippen LogP contribution is 2.24. The van der Waals surface area contributed by atoms with Crippen molar-refractivity contribution in [3.8, 4) is 5.75 Å². The van der Waals surface area contributed by atoms with E-state index < -0.39 is 26.5 Å². The summed E-state index contributed by atoms with van der Waals surface area (Å²) in [5.41, 5.74) is 1.21. The van der Waals surface area contributed by atoms with Crippen molar-refractivity contribution in [2.24, 2.45) is 0 Å². The number of halogens is 1. The normalized spacial score (nSPS) is 11.3. The minimum atomic E-state index is -4.07. The van der Waals surface area contributed by atoms with E-state index in [0.29, 0.717) is 5.69 Å². The maximum atomic E-state index is 13.6.